The zero-order valence-corrected chi connectivity index (χ0v) is 11.3. The first-order chi connectivity index (χ1) is 9.21. The summed E-state index contributed by atoms with van der Waals surface area (Å²) in [7, 11) is 1.69. The highest BCUT2D eigenvalue weighted by atomic mass is 16.5. The lowest BCUT2D eigenvalue weighted by molar-refractivity contribution is 0.0551. The molecular formula is C17H18O2. The van der Waals surface area contributed by atoms with Crippen LogP contribution in [0.2, 0.25) is 0 Å². The summed E-state index contributed by atoms with van der Waals surface area (Å²) in [5, 5.41) is 10.4. The van der Waals surface area contributed by atoms with Gasteiger partial charge < -0.3 is 9.84 Å². The molecular weight excluding hydrogens is 236 g/mol. The lowest BCUT2D eigenvalue weighted by atomic mass is 9.74. The molecule has 2 heteroatoms. The number of ether oxygens (including phenoxy) is 1. The van der Waals surface area contributed by atoms with E-state index in [4.69, 9.17) is 4.74 Å². The highest BCUT2D eigenvalue weighted by molar-refractivity contribution is 5.81. The molecule has 0 aliphatic heterocycles. The predicted octanol–water partition coefficient (Wildman–Crippen LogP) is 2.98. The van der Waals surface area contributed by atoms with Crippen LogP contribution >= 0.6 is 0 Å². The lowest BCUT2D eigenvalue weighted by Gasteiger charge is -2.34. The third-order valence-corrected chi connectivity index (χ3v) is 4.19. The van der Waals surface area contributed by atoms with Gasteiger partial charge >= 0.3 is 0 Å². The zero-order valence-electron chi connectivity index (χ0n) is 11.3. The van der Waals surface area contributed by atoms with Crippen LogP contribution in [-0.2, 0) is 10.2 Å². The Morgan fingerprint density at radius 1 is 1.00 bits per heavy atom. The summed E-state index contributed by atoms with van der Waals surface area (Å²) >= 11 is 0. The van der Waals surface area contributed by atoms with Crippen LogP contribution in [-0.4, -0.2) is 24.9 Å². The van der Waals surface area contributed by atoms with Gasteiger partial charge in [0.05, 0.1) is 18.1 Å². The first kappa shape index (κ1) is 12.4. The molecule has 2 aromatic rings. The van der Waals surface area contributed by atoms with Gasteiger partial charge in [-0.15, -0.1) is 0 Å². The van der Waals surface area contributed by atoms with Crippen LogP contribution in [0.4, 0.5) is 0 Å². The summed E-state index contributed by atoms with van der Waals surface area (Å²) in [6, 6.07) is 16.6. The van der Waals surface area contributed by atoms with E-state index in [1.807, 2.05) is 31.2 Å². The van der Waals surface area contributed by atoms with Crippen molar-refractivity contribution < 1.29 is 9.84 Å². The monoisotopic (exact) mass is 254 g/mol. The molecule has 1 aliphatic rings. The molecule has 1 atom stereocenters. The number of hydrogen-bond acceptors (Lipinski definition) is 2. The lowest BCUT2D eigenvalue weighted by Crippen LogP contribution is -2.41. The van der Waals surface area contributed by atoms with E-state index < -0.39 is 11.5 Å². The van der Waals surface area contributed by atoms with Crippen molar-refractivity contribution in [2.45, 2.75) is 18.4 Å². The van der Waals surface area contributed by atoms with Crippen LogP contribution in [0, 0.1) is 0 Å². The zero-order chi connectivity index (χ0) is 13.5. The second-order valence-electron chi connectivity index (χ2n) is 5.17. The van der Waals surface area contributed by atoms with Gasteiger partial charge in [0.25, 0.3) is 0 Å². The molecule has 0 aromatic heterocycles. The molecule has 0 saturated carbocycles. The van der Waals surface area contributed by atoms with Gasteiger partial charge in [0.2, 0.25) is 0 Å². The quantitative estimate of drug-likeness (QED) is 0.912. The summed E-state index contributed by atoms with van der Waals surface area (Å²) in [6.07, 6.45) is -0.503. The highest BCUT2D eigenvalue weighted by Gasteiger charge is 2.46. The first-order valence-corrected chi connectivity index (χ1v) is 6.58. The molecule has 1 N–H and O–H groups in total. The fourth-order valence-corrected chi connectivity index (χ4v) is 3.31. The van der Waals surface area contributed by atoms with Gasteiger partial charge in [0.1, 0.15) is 0 Å². The topological polar surface area (TPSA) is 29.5 Å². The smallest absolute Gasteiger partial charge is 0.0704 e. The van der Waals surface area contributed by atoms with Crippen molar-refractivity contribution in [1.82, 2.24) is 0 Å². The summed E-state index contributed by atoms with van der Waals surface area (Å²) < 4.78 is 5.44. The van der Waals surface area contributed by atoms with Crippen LogP contribution in [0.5, 0.6) is 0 Å². The molecule has 0 bridgehead atoms. The summed E-state index contributed by atoms with van der Waals surface area (Å²) in [5.41, 5.74) is 4.27. The van der Waals surface area contributed by atoms with Crippen molar-refractivity contribution in [3.8, 4) is 11.1 Å². The van der Waals surface area contributed by atoms with Gasteiger partial charge in [-0.1, -0.05) is 48.5 Å². The first-order valence-electron chi connectivity index (χ1n) is 6.58. The van der Waals surface area contributed by atoms with Crippen molar-refractivity contribution in [3.05, 3.63) is 59.7 Å². The SMILES string of the molecule is COCC1(C(C)O)c2ccccc2-c2ccccc21. The van der Waals surface area contributed by atoms with Gasteiger partial charge in [-0.3, -0.25) is 0 Å². The molecule has 0 radical (unpaired) electrons. The molecule has 0 saturated heterocycles. The molecule has 1 unspecified atom stereocenters. The standard InChI is InChI=1S/C17H18O2/c1-12(18)17(11-19-2)15-9-5-3-7-13(15)14-8-4-6-10-16(14)17/h3-10,12,18H,11H2,1-2H3. The maximum atomic E-state index is 10.4. The number of hydrogen-bond donors (Lipinski definition) is 1. The third kappa shape index (κ3) is 1.57. The average Bonchev–Trinajstić information content (AvgIpc) is 2.72. The Labute approximate surface area is 113 Å². The largest absolute Gasteiger partial charge is 0.392 e. The van der Waals surface area contributed by atoms with Gasteiger partial charge in [-0.2, -0.15) is 0 Å². The number of rotatable bonds is 3. The Bertz CT molecular complexity index is 556. The van der Waals surface area contributed by atoms with Crippen LogP contribution in [0.25, 0.3) is 11.1 Å². The maximum absolute atomic E-state index is 10.4. The minimum absolute atomic E-state index is 0.456. The molecule has 0 amide bonds. The normalized spacial score (nSPS) is 16.8. The van der Waals surface area contributed by atoms with Crippen LogP contribution in [0.15, 0.2) is 48.5 Å². The van der Waals surface area contributed by atoms with Crippen LogP contribution in [0.1, 0.15) is 18.1 Å². The van der Waals surface area contributed by atoms with Gasteiger partial charge in [-0.25, -0.2) is 0 Å². The molecule has 3 rings (SSSR count). The maximum Gasteiger partial charge on any atom is 0.0704 e. The second kappa shape index (κ2) is 4.48. The summed E-state index contributed by atoms with van der Waals surface area (Å²) in [4.78, 5) is 0. The molecule has 1 aliphatic carbocycles. The number of benzene rings is 2. The Morgan fingerprint density at radius 3 is 1.89 bits per heavy atom. The number of fused-ring (bicyclic) bond motifs is 3. The number of aliphatic hydroxyl groups is 1. The summed E-state index contributed by atoms with van der Waals surface area (Å²) in [6.45, 7) is 2.33. The molecule has 19 heavy (non-hydrogen) atoms. The Kier molecular flexibility index (Phi) is 2.92. The van der Waals surface area contributed by atoms with Crippen LogP contribution in [0.3, 0.4) is 0 Å². The van der Waals surface area contributed by atoms with E-state index in [0.29, 0.717) is 6.61 Å². The van der Waals surface area contributed by atoms with E-state index in [-0.39, 0.29) is 0 Å². The minimum Gasteiger partial charge on any atom is -0.392 e. The molecule has 0 fully saturated rings. The van der Waals surface area contributed by atoms with E-state index in [1.54, 1.807) is 7.11 Å². The predicted molar refractivity (Wildman–Crippen MR) is 76.2 cm³/mol. The number of methoxy groups -OCH3 is 1. The second-order valence-corrected chi connectivity index (χ2v) is 5.17. The molecule has 0 spiro atoms. The summed E-state index contributed by atoms with van der Waals surface area (Å²) in [5.74, 6) is 0. The van der Waals surface area contributed by atoms with Gasteiger partial charge in [0, 0.05) is 7.11 Å². The fourth-order valence-electron chi connectivity index (χ4n) is 3.31. The molecule has 98 valence electrons. The van der Waals surface area contributed by atoms with E-state index in [2.05, 4.69) is 24.3 Å². The molecule has 2 aromatic carbocycles. The molecule has 0 heterocycles. The highest BCUT2D eigenvalue weighted by Crippen LogP contribution is 2.50. The van der Waals surface area contributed by atoms with Crippen molar-refractivity contribution in [2.24, 2.45) is 0 Å². The van der Waals surface area contributed by atoms with Gasteiger partial charge in [0.15, 0.2) is 0 Å². The Morgan fingerprint density at radius 2 is 1.47 bits per heavy atom. The van der Waals surface area contributed by atoms with Crippen molar-refractivity contribution in [2.75, 3.05) is 13.7 Å². The average molecular weight is 254 g/mol. The van der Waals surface area contributed by atoms with E-state index in [0.717, 1.165) is 11.1 Å². The molecule has 2 nitrogen and oxygen atoms in total. The van der Waals surface area contributed by atoms with E-state index in [9.17, 15) is 5.11 Å². The van der Waals surface area contributed by atoms with Crippen molar-refractivity contribution in [3.63, 3.8) is 0 Å². The number of aliphatic hydroxyl groups excluding tert-OH is 1. The van der Waals surface area contributed by atoms with Gasteiger partial charge in [-0.05, 0) is 29.2 Å². The fraction of sp³-hybridized carbons (Fsp3) is 0.294. The van der Waals surface area contributed by atoms with E-state index in [1.165, 1.54) is 11.1 Å². The Hall–Kier alpha value is -1.64. The van der Waals surface area contributed by atoms with Crippen molar-refractivity contribution in [1.29, 1.82) is 0 Å². The van der Waals surface area contributed by atoms with Crippen molar-refractivity contribution >= 4 is 0 Å². The van der Waals surface area contributed by atoms with E-state index >= 15 is 0 Å². The Balaban J connectivity index is 2.35. The minimum atomic E-state index is -0.503. The third-order valence-electron chi connectivity index (χ3n) is 4.19. The van der Waals surface area contributed by atoms with Crippen LogP contribution < -0.4 is 0 Å².